The summed E-state index contributed by atoms with van der Waals surface area (Å²) in [5.41, 5.74) is 5.67. The maximum Gasteiger partial charge on any atom is 0.248 e. The summed E-state index contributed by atoms with van der Waals surface area (Å²) in [4.78, 5) is 22.9. The van der Waals surface area contributed by atoms with Crippen LogP contribution in [0.2, 0.25) is 0 Å². The van der Waals surface area contributed by atoms with Gasteiger partial charge in [0, 0.05) is 12.1 Å². The molecule has 0 atom stereocenters. The van der Waals surface area contributed by atoms with Gasteiger partial charge in [0.15, 0.2) is 0 Å². The molecule has 0 spiro atoms. The third-order valence-corrected chi connectivity index (χ3v) is 4.00. The van der Waals surface area contributed by atoms with Crippen LogP contribution in [0.5, 0.6) is 0 Å². The highest BCUT2D eigenvalue weighted by atomic mass is 16.3. The Labute approximate surface area is 124 Å². The molecular weight excluding hydrogens is 268 g/mol. The molecule has 114 valence electrons. The van der Waals surface area contributed by atoms with Crippen molar-refractivity contribution in [3.05, 3.63) is 35.4 Å². The molecule has 0 radical (unpaired) electrons. The second kappa shape index (κ2) is 6.72. The van der Waals surface area contributed by atoms with Gasteiger partial charge in [-0.2, -0.15) is 0 Å². The number of carbonyl (C=O) groups is 2. The number of benzene rings is 1. The summed E-state index contributed by atoms with van der Waals surface area (Å²) in [7, 11) is 0. The van der Waals surface area contributed by atoms with Crippen LogP contribution < -0.4 is 11.1 Å². The molecule has 1 aromatic rings. The third kappa shape index (κ3) is 4.56. The summed E-state index contributed by atoms with van der Waals surface area (Å²) in [6, 6.07) is 6.79. The van der Waals surface area contributed by atoms with Crippen LogP contribution >= 0.6 is 0 Å². The van der Waals surface area contributed by atoms with Gasteiger partial charge in [-0.3, -0.25) is 9.59 Å². The van der Waals surface area contributed by atoms with Gasteiger partial charge in [0.2, 0.25) is 11.8 Å². The molecule has 0 unspecified atom stereocenters. The maximum absolute atomic E-state index is 11.9. The minimum Gasteiger partial charge on any atom is -0.389 e. The van der Waals surface area contributed by atoms with Gasteiger partial charge in [-0.1, -0.05) is 31.4 Å². The van der Waals surface area contributed by atoms with Gasteiger partial charge in [0.1, 0.15) is 0 Å². The quantitative estimate of drug-likeness (QED) is 0.767. The topological polar surface area (TPSA) is 92.4 Å². The van der Waals surface area contributed by atoms with Crippen LogP contribution in [-0.2, 0) is 11.3 Å². The molecule has 1 fully saturated rings. The lowest BCUT2D eigenvalue weighted by atomic mass is 9.82. The number of rotatable bonds is 5. The first-order chi connectivity index (χ1) is 9.98. The molecular formula is C16H22N2O3. The van der Waals surface area contributed by atoms with Crippen molar-refractivity contribution in [2.45, 2.75) is 50.7 Å². The van der Waals surface area contributed by atoms with Crippen LogP contribution in [0.4, 0.5) is 0 Å². The normalized spacial score (nSPS) is 17.2. The Balaban J connectivity index is 1.82. The lowest BCUT2D eigenvalue weighted by Gasteiger charge is -2.31. The van der Waals surface area contributed by atoms with Gasteiger partial charge in [0.25, 0.3) is 0 Å². The zero-order valence-corrected chi connectivity index (χ0v) is 12.1. The average Bonchev–Trinajstić information content (AvgIpc) is 2.46. The van der Waals surface area contributed by atoms with E-state index in [0.717, 1.165) is 24.8 Å². The SMILES string of the molecule is NC(=O)c1ccc(CNC(=O)CC2(O)CCCCC2)cc1. The van der Waals surface area contributed by atoms with Gasteiger partial charge in [0.05, 0.1) is 12.0 Å². The number of hydrogen-bond donors (Lipinski definition) is 3. The maximum atomic E-state index is 11.9. The lowest BCUT2D eigenvalue weighted by Crippen LogP contribution is -2.38. The Morgan fingerprint density at radius 2 is 1.76 bits per heavy atom. The van der Waals surface area contributed by atoms with Crippen LogP contribution in [0.25, 0.3) is 0 Å². The zero-order valence-electron chi connectivity index (χ0n) is 12.1. The van der Waals surface area contributed by atoms with E-state index in [9.17, 15) is 14.7 Å². The summed E-state index contributed by atoms with van der Waals surface area (Å²) in [6.07, 6.45) is 4.67. The Bertz CT molecular complexity index is 505. The Hall–Kier alpha value is -1.88. The van der Waals surface area contributed by atoms with E-state index in [1.807, 2.05) is 0 Å². The predicted molar refractivity (Wildman–Crippen MR) is 79.5 cm³/mol. The molecule has 2 rings (SSSR count). The van der Waals surface area contributed by atoms with E-state index in [4.69, 9.17) is 5.73 Å². The van der Waals surface area contributed by atoms with Crippen LogP contribution in [-0.4, -0.2) is 22.5 Å². The Morgan fingerprint density at radius 1 is 1.14 bits per heavy atom. The Kier molecular flexibility index (Phi) is 4.96. The van der Waals surface area contributed by atoms with Crippen LogP contribution in [0, 0.1) is 0 Å². The van der Waals surface area contributed by atoms with E-state index < -0.39 is 11.5 Å². The van der Waals surface area contributed by atoms with Crippen molar-refractivity contribution in [2.24, 2.45) is 5.73 Å². The Morgan fingerprint density at radius 3 is 2.33 bits per heavy atom. The number of primary amides is 1. The number of hydrogen-bond acceptors (Lipinski definition) is 3. The number of aliphatic hydroxyl groups is 1. The van der Waals surface area contributed by atoms with Crippen molar-refractivity contribution in [3.63, 3.8) is 0 Å². The second-order valence-electron chi connectivity index (χ2n) is 5.80. The highest BCUT2D eigenvalue weighted by Gasteiger charge is 2.31. The minimum absolute atomic E-state index is 0.140. The van der Waals surface area contributed by atoms with Gasteiger partial charge < -0.3 is 16.2 Å². The first-order valence-corrected chi connectivity index (χ1v) is 7.36. The third-order valence-electron chi connectivity index (χ3n) is 4.00. The van der Waals surface area contributed by atoms with E-state index in [1.54, 1.807) is 24.3 Å². The van der Waals surface area contributed by atoms with Crippen molar-refractivity contribution in [1.29, 1.82) is 0 Å². The second-order valence-corrected chi connectivity index (χ2v) is 5.80. The van der Waals surface area contributed by atoms with Gasteiger partial charge >= 0.3 is 0 Å². The highest BCUT2D eigenvalue weighted by molar-refractivity contribution is 5.92. The molecule has 1 aliphatic rings. The molecule has 1 saturated carbocycles. The van der Waals surface area contributed by atoms with E-state index in [2.05, 4.69) is 5.32 Å². The van der Waals surface area contributed by atoms with Crippen molar-refractivity contribution in [3.8, 4) is 0 Å². The minimum atomic E-state index is -0.835. The molecule has 5 nitrogen and oxygen atoms in total. The van der Waals surface area contributed by atoms with Crippen LogP contribution in [0.15, 0.2) is 24.3 Å². The summed E-state index contributed by atoms with van der Waals surface area (Å²) in [6.45, 7) is 0.383. The summed E-state index contributed by atoms with van der Waals surface area (Å²) >= 11 is 0. The van der Waals surface area contributed by atoms with E-state index in [-0.39, 0.29) is 12.3 Å². The lowest BCUT2D eigenvalue weighted by molar-refractivity contribution is -0.127. The van der Waals surface area contributed by atoms with Crippen LogP contribution in [0.3, 0.4) is 0 Å². The van der Waals surface area contributed by atoms with E-state index in [0.29, 0.717) is 24.9 Å². The molecule has 0 heterocycles. The first-order valence-electron chi connectivity index (χ1n) is 7.36. The van der Waals surface area contributed by atoms with Crippen molar-refractivity contribution >= 4 is 11.8 Å². The number of nitrogens with two attached hydrogens (primary N) is 1. The predicted octanol–water partition coefficient (Wildman–Crippen LogP) is 1.49. The molecule has 0 saturated heterocycles. The molecule has 1 aliphatic carbocycles. The van der Waals surface area contributed by atoms with E-state index in [1.165, 1.54) is 0 Å². The molecule has 2 amide bonds. The van der Waals surface area contributed by atoms with Crippen molar-refractivity contribution in [1.82, 2.24) is 5.32 Å². The molecule has 4 N–H and O–H groups in total. The number of carbonyl (C=O) groups excluding carboxylic acids is 2. The highest BCUT2D eigenvalue weighted by Crippen LogP contribution is 2.30. The molecule has 0 aliphatic heterocycles. The number of amides is 2. The number of nitrogens with one attached hydrogen (secondary N) is 1. The summed E-state index contributed by atoms with van der Waals surface area (Å²) in [5.74, 6) is -0.608. The van der Waals surface area contributed by atoms with Gasteiger partial charge in [-0.15, -0.1) is 0 Å². The summed E-state index contributed by atoms with van der Waals surface area (Å²) < 4.78 is 0. The molecule has 0 aromatic heterocycles. The van der Waals surface area contributed by atoms with E-state index >= 15 is 0 Å². The fourth-order valence-corrected chi connectivity index (χ4v) is 2.74. The molecule has 5 heteroatoms. The molecule has 1 aromatic carbocycles. The average molecular weight is 290 g/mol. The standard InChI is InChI=1S/C16H22N2O3/c17-15(20)13-6-4-12(5-7-13)11-18-14(19)10-16(21)8-2-1-3-9-16/h4-7,21H,1-3,8-11H2,(H2,17,20)(H,18,19). The fourth-order valence-electron chi connectivity index (χ4n) is 2.74. The first kappa shape index (κ1) is 15.5. The fraction of sp³-hybridized carbons (Fsp3) is 0.500. The summed E-state index contributed by atoms with van der Waals surface area (Å²) in [5, 5.41) is 13.1. The zero-order chi connectivity index (χ0) is 15.3. The molecule has 21 heavy (non-hydrogen) atoms. The van der Waals surface area contributed by atoms with Crippen molar-refractivity contribution < 1.29 is 14.7 Å². The largest absolute Gasteiger partial charge is 0.389 e. The van der Waals surface area contributed by atoms with Crippen LogP contribution in [0.1, 0.15) is 54.4 Å². The molecule has 0 bridgehead atoms. The van der Waals surface area contributed by atoms with Gasteiger partial charge in [-0.05, 0) is 30.5 Å². The van der Waals surface area contributed by atoms with Gasteiger partial charge in [-0.25, -0.2) is 0 Å². The van der Waals surface area contributed by atoms with Crippen molar-refractivity contribution in [2.75, 3.05) is 0 Å². The smallest absolute Gasteiger partial charge is 0.248 e. The monoisotopic (exact) mass is 290 g/mol.